The molecule has 1 saturated heterocycles. The number of carbonyl (C=O) groups excluding carboxylic acids is 1. The van der Waals surface area contributed by atoms with Gasteiger partial charge in [0.1, 0.15) is 11.8 Å². The predicted molar refractivity (Wildman–Crippen MR) is 95.5 cm³/mol. The van der Waals surface area contributed by atoms with E-state index in [4.69, 9.17) is 5.73 Å². The molecule has 3 aromatic heterocycles. The zero-order chi connectivity index (χ0) is 17.2. The normalized spacial score (nSPS) is 15.0. The van der Waals surface area contributed by atoms with Crippen LogP contribution in [0.1, 0.15) is 0 Å². The number of H-pyrrole nitrogens is 1. The highest BCUT2D eigenvalue weighted by Gasteiger charge is 2.24. The topological polar surface area (TPSA) is 130 Å². The molecule has 0 bridgehead atoms. The quantitative estimate of drug-likeness (QED) is 0.613. The van der Waals surface area contributed by atoms with E-state index < -0.39 is 0 Å². The van der Waals surface area contributed by atoms with Gasteiger partial charge in [0.05, 0.1) is 12.1 Å². The second-order valence-electron chi connectivity index (χ2n) is 5.36. The van der Waals surface area contributed by atoms with E-state index in [0.717, 1.165) is 11.3 Å². The molecule has 1 aliphatic rings. The Kier molecular flexibility index (Phi) is 4.36. The van der Waals surface area contributed by atoms with Crippen LogP contribution in [0.25, 0.3) is 11.2 Å². The average Bonchev–Trinajstić information content (AvgIpc) is 3.28. The van der Waals surface area contributed by atoms with Crippen molar-refractivity contribution in [1.82, 2.24) is 35.0 Å². The average molecular weight is 377 g/mol. The summed E-state index contributed by atoms with van der Waals surface area (Å²) in [6, 6.07) is 0. The van der Waals surface area contributed by atoms with Crippen molar-refractivity contribution in [3.05, 3.63) is 12.7 Å². The molecular formula is C13H15N9OS2. The van der Waals surface area contributed by atoms with Gasteiger partial charge >= 0.3 is 0 Å². The van der Waals surface area contributed by atoms with Crippen molar-refractivity contribution in [3.63, 3.8) is 0 Å². The lowest BCUT2D eigenvalue weighted by molar-refractivity contribution is -0.128. The summed E-state index contributed by atoms with van der Waals surface area (Å²) in [5, 5.41) is 8.07. The molecular weight excluding hydrogens is 362 g/mol. The molecule has 1 amide bonds. The Bertz CT molecular complexity index is 886. The largest absolute Gasteiger partial charge is 0.374 e. The highest BCUT2D eigenvalue weighted by atomic mass is 32.2. The van der Waals surface area contributed by atoms with E-state index in [1.54, 1.807) is 6.33 Å². The zero-order valence-corrected chi connectivity index (χ0v) is 14.8. The molecule has 0 radical (unpaired) electrons. The molecule has 12 heteroatoms. The number of piperazine rings is 1. The van der Waals surface area contributed by atoms with Crippen LogP contribution >= 0.6 is 23.1 Å². The van der Waals surface area contributed by atoms with Crippen molar-refractivity contribution in [2.45, 2.75) is 4.34 Å². The Morgan fingerprint density at radius 3 is 2.84 bits per heavy atom. The maximum Gasteiger partial charge on any atom is 0.233 e. The van der Waals surface area contributed by atoms with Crippen molar-refractivity contribution in [2.75, 3.05) is 42.6 Å². The Balaban J connectivity index is 1.35. The van der Waals surface area contributed by atoms with Gasteiger partial charge in [0.25, 0.3) is 0 Å². The summed E-state index contributed by atoms with van der Waals surface area (Å²) >= 11 is 2.66. The molecule has 0 aliphatic carbocycles. The SMILES string of the molecule is Nc1nnc(SCC(=O)N2CCN(c3ncnc4nc[nH]c34)CC2)s1. The van der Waals surface area contributed by atoms with E-state index in [0.29, 0.717) is 47.1 Å². The number of amides is 1. The third-order valence-electron chi connectivity index (χ3n) is 3.88. The number of aromatic nitrogens is 6. The highest BCUT2D eigenvalue weighted by Crippen LogP contribution is 2.24. The zero-order valence-electron chi connectivity index (χ0n) is 13.1. The number of aromatic amines is 1. The Morgan fingerprint density at radius 2 is 2.08 bits per heavy atom. The van der Waals surface area contributed by atoms with Crippen LogP contribution in [0.3, 0.4) is 0 Å². The molecule has 0 spiro atoms. The molecule has 10 nitrogen and oxygen atoms in total. The van der Waals surface area contributed by atoms with Gasteiger partial charge in [-0.05, 0) is 0 Å². The molecule has 0 atom stereocenters. The fourth-order valence-corrected chi connectivity index (χ4v) is 4.19. The van der Waals surface area contributed by atoms with Gasteiger partial charge in [-0.3, -0.25) is 4.79 Å². The summed E-state index contributed by atoms with van der Waals surface area (Å²) in [7, 11) is 0. The molecule has 0 unspecified atom stereocenters. The summed E-state index contributed by atoms with van der Waals surface area (Å²) in [6.45, 7) is 2.73. The minimum Gasteiger partial charge on any atom is -0.374 e. The number of nitrogen functional groups attached to an aromatic ring is 1. The molecule has 1 aliphatic heterocycles. The number of carbonyl (C=O) groups is 1. The molecule has 3 aromatic rings. The van der Waals surface area contributed by atoms with Gasteiger partial charge in [-0.2, -0.15) is 0 Å². The van der Waals surface area contributed by atoms with Crippen molar-refractivity contribution >= 4 is 51.1 Å². The van der Waals surface area contributed by atoms with E-state index in [1.165, 1.54) is 29.4 Å². The Labute approximate surface area is 150 Å². The van der Waals surface area contributed by atoms with E-state index in [2.05, 4.69) is 35.0 Å². The summed E-state index contributed by atoms with van der Waals surface area (Å²) in [5.41, 5.74) is 7.02. The number of hydrogen-bond donors (Lipinski definition) is 2. The number of fused-ring (bicyclic) bond motifs is 1. The van der Waals surface area contributed by atoms with E-state index >= 15 is 0 Å². The maximum atomic E-state index is 12.4. The minimum atomic E-state index is 0.0906. The summed E-state index contributed by atoms with van der Waals surface area (Å²) in [4.78, 5) is 32.1. The van der Waals surface area contributed by atoms with Gasteiger partial charge in [-0.25, -0.2) is 15.0 Å². The van der Waals surface area contributed by atoms with Gasteiger partial charge in [-0.1, -0.05) is 23.1 Å². The third-order valence-corrected chi connectivity index (χ3v) is 5.75. The van der Waals surface area contributed by atoms with Crippen molar-refractivity contribution in [2.24, 2.45) is 0 Å². The van der Waals surface area contributed by atoms with E-state index in [1.807, 2.05) is 4.90 Å². The fraction of sp³-hybridized carbons (Fsp3) is 0.385. The molecule has 130 valence electrons. The van der Waals surface area contributed by atoms with Crippen LogP contribution in [0.2, 0.25) is 0 Å². The fourth-order valence-electron chi connectivity index (χ4n) is 2.65. The number of imidazole rings is 1. The van der Waals surface area contributed by atoms with Crippen LogP contribution < -0.4 is 10.6 Å². The number of hydrogen-bond acceptors (Lipinski definition) is 10. The summed E-state index contributed by atoms with van der Waals surface area (Å²) in [6.07, 6.45) is 3.13. The van der Waals surface area contributed by atoms with Gasteiger partial charge in [0.15, 0.2) is 15.8 Å². The highest BCUT2D eigenvalue weighted by molar-refractivity contribution is 8.01. The lowest BCUT2D eigenvalue weighted by Crippen LogP contribution is -2.49. The lowest BCUT2D eigenvalue weighted by atomic mass is 10.3. The Morgan fingerprint density at radius 1 is 1.24 bits per heavy atom. The van der Waals surface area contributed by atoms with Crippen molar-refractivity contribution in [3.8, 4) is 0 Å². The Hall–Kier alpha value is -2.47. The lowest BCUT2D eigenvalue weighted by Gasteiger charge is -2.35. The van der Waals surface area contributed by atoms with Gasteiger partial charge in [0.2, 0.25) is 11.0 Å². The number of thioether (sulfide) groups is 1. The third kappa shape index (κ3) is 3.35. The first-order valence-corrected chi connectivity index (χ1v) is 9.39. The summed E-state index contributed by atoms with van der Waals surface area (Å²) in [5.74, 6) is 1.26. The molecule has 4 heterocycles. The number of anilines is 2. The molecule has 3 N–H and O–H groups in total. The first-order chi connectivity index (χ1) is 12.2. The van der Waals surface area contributed by atoms with Gasteiger partial charge in [0, 0.05) is 26.2 Å². The standard InChI is InChI=1S/C13H15N9OS2/c14-12-19-20-13(25-12)24-5-8(23)21-1-3-22(4-2-21)11-9-10(16-6-15-9)17-7-18-11/h6-7H,1-5H2,(H2,14,19)(H,15,16,17,18). The van der Waals surface area contributed by atoms with Gasteiger partial charge < -0.3 is 20.5 Å². The monoisotopic (exact) mass is 377 g/mol. The maximum absolute atomic E-state index is 12.4. The van der Waals surface area contributed by atoms with Crippen LogP contribution in [0, 0.1) is 0 Å². The van der Waals surface area contributed by atoms with Crippen LogP contribution in [-0.4, -0.2) is 72.9 Å². The predicted octanol–water partition coefficient (Wildman–Crippen LogP) is 0.227. The molecule has 4 rings (SSSR count). The van der Waals surface area contributed by atoms with Crippen molar-refractivity contribution in [1.29, 1.82) is 0 Å². The second kappa shape index (κ2) is 6.80. The van der Waals surface area contributed by atoms with Crippen LogP contribution in [0.4, 0.5) is 10.9 Å². The smallest absolute Gasteiger partial charge is 0.233 e. The van der Waals surface area contributed by atoms with Crippen LogP contribution in [-0.2, 0) is 4.79 Å². The van der Waals surface area contributed by atoms with Crippen LogP contribution in [0.15, 0.2) is 17.0 Å². The van der Waals surface area contributed by atoms with Crippen molar-refractivity contribution < 1.29 is 4.79 Å². The van der Waals surface area contributed by atoms with E-state index in [9.17, 15) is 4.79 Å². The van der Waals surface area contributed by atoms with E-state index in [-0.39, 0.29) is 5.91 Å². The first-order valence-electron chi connectivity index (χ1n) is 7.59. The molecule has 25 heavy (non-hydrogen) atoms. The minimum absolute atomic E-state index is 0.0906. The van der Waals surface area contributed by atoms with Gasteiger partial charge in [-0.15, -0.1) is 10.2 Å². The number of nitrogens with two attached hydrogens (primary N) is 1. The molecule has 0 saturated carbocycles. The summed E-state index contributed by atoms with van der Waals surface area (Å²) < 4.78 is 0.715. The molecule has 1 fully saturated rings. The van der Waals surface area contributed by atoms with Crippen LogP contribution in [0.5, 0.6) is 0 Å². The first kappa shape index (κ1) is 16.0. The second-order valence-corrected chi connectivity index (χ2v) is 7.59. The molecule has 0 aromatic carbocycles. The number of rotatable bonds is 4. The number of nitrogens with zero attached hydrogens (tertiary/aromatic N) is 7. The number of nitrogens with one attached hydrogen (secondary N) is 1.